The zero-order valence-electron chi connectivity index (χ0n) is 15.1. The quantitative estimate of drug-likeness (QED) is 0.687. The van der Waals surface area contributed by atoms with Crippen molar-refractivity contribution in [2.24, 2.45) is 0 Å². The number of halogens is 2. The van der Waals surface area contributed by atoms with Gasteiger partial charge in [-0.15, -0.1) is 0 Å². The predicted octanol–water partition coefficient (Wildman–Crippen LogP) is 2.35. The van der Waals surface area contributed by atoms with Gasteiger partial charge in [-0.3, -0.25) is 9.69 Å². The number of carbonyl (C=O) groups excluding carboxylic acids is 1. The molecule has 2 heterocycles. The molecule has 1 aromatic rings. The molecule has 6 nitrogen and oxygen atoms in total. The number of nitrogens with zero attached hydrogens (tertiary/aromatic N) is 2. The van der Waals surface area contributed by atoms with Crippen molar-refractivity contribution in [2.75, 3.05) is 50.9 Å². The van der Waals surface area contributed by atoms with Crippen LogP contribution in [0.2, 0.25) is 10.0 Å². The molecule has 0 N–H and O–H groups in total. The van der Waals surface area contributed by atoms with Crippen LogP contribution in [0.4, 0.5) is 0 Å². The highest BCUT2D eigenvalue weighted by Crippen LogP contribution is 2.26. The smallest absolute Gasteiger partial charge is 0.255 e. The van der Waals surface area contributed by atoms with Crippen LogP contribution in [0, 0.1) is 0 Å². The summed E-state index contributed by atoms with van der Waals surface area (Å²) in [6, 6.07) is 4.45. The molecule has 150 valence electrons. The lowest BCUT2D eigenvalue weighted by molar-refractivity contribution is 0.0349. The van der Waals surface area contributed by atoms with Gasteiger partial charge in [-0.25, -0.2) is 8.42 Å². The number of amides is 1. The van der Waals surface area contributed by atoms with Crippen LogP contribution in [0.5, 0.6) is 0 Å². The fraction of sp³-hybridized carbons (Fsp3) is 0.611. The second kappa shape index (κ2) is 9.09. The number of rotatable bonds is 6. The van der Waals surface area contributed by atoms with E-state index in [4.69, 9.17) is 27.9 Å². The fourth-order valence-electron chi connectivity index (χ4n) is 3.58. The number of carbonyl (C=O) groups is 1. The SMILES string of the molecule is O=C(c1ccc(Cl)cc1Cl)N(CCCN1CCOCC1)C1CCS(=O)(=O)C1. The Bertz CT molecular complexity index is 782. The molecule has 0 aliphatic carbocycles. The summed E-state index contributed by atoms with van der Waals surface area (Å²) < 4.78 is 29.2. The van der Waals surface area contributed by atoms with E-state index >= 15 is 0 Å². The lowest BCUT2D eigenvalue weighted by Crippen LogP contribution is -2.43. The molecule has 2 fully saturated rings. The third kappa shape index (κ3) is 5.57. The molecule has 3 rings (SSSR count). The third-order valence-corrected chi connectivity index (χ3v) is 7.35. The van der Waals surface area contributed by atoms with Crippen molar-refractivity contribution < 1.29 is 17.9 Å². The molecule has 1 amide bonds. The Balaban J connectivity index is 1.71. The van der Waals surface area contributed by atoms with Crippen molar-refractivity contribution in [1.29, 1.82) is 0 Å². The molecule has 9 heteroatoms. The van der Waals surface area contributed by atoms with Crippen LogP contribution in [0.25, 0.3) is 0 Å². The topological polar surface area (TPSA) is 66.9 Å². The average molecular weight is 435 g/mol. The van der Waals surface area contributed by atoms with E-state index in [0.717, 1.165) is 39.3 Å². The minimum absolute atomic E-state index is 0.0154. The second-order valence-electron chi connectivity index (χ2n) is 6.99. The largest absolute Gasteiger partial charge is 0.379 e. The first-order valence-electron chi connectivity index (χ1n) is 9.12. The van der Waals surface area contributed by atoms with Crippen molar-refractivity contribution in [1.82, 2.24) is 9.80 Å². The van der Waals surface area contributed by atoms with E-state index in [-0.39, 0.29) is 28.5 Å². The van der Waals surface area contributed by atoms with E-state index in [2.05, 4.69) is 4.90 Å². The van der Waals surface area contributed by atoms with Crippen LogP contribution in [-0.4, -0.2) is 81.1 Å². The monoisotopic (exact) mass is 434 g/mol. The van der Waals surface area contributed by atoms with Crippen LogP contribution < -0.4 is 0 Å². The molecule has 0 spiro atoms. The van der Waals surface area contributed by atoms with Gasteiger partial charge >= 0.3 is 0 Å². The number of hydrogen-bond donors (Lipinski definition) is 0. The number of morpholine rings is 1. The molecule has 2 aliphatic heterocycles. The summed E-state index contributed by atoms with van der Waals surface area (Å²) in [6.45, 7) is 4.56. The molecule has 1 aromatic carbocycles. The summed E-state index contributed by atoms with van der Waals surface area (Å²) in [5.74, 6) is -0.0958. The molecule has 1 unspecified atom stereocenters. The number of benzene rings is 1. The fourth-order valence-corrected chi connectivity index (χ4v) is 5.80. The first kappa shape index (κ1) is 20.9. The van der Waals surface area contributed by atoms with Gasteiger partial charge in [-0.05, 0) is 31.0 Å². The molecular formula is C18H24Cl2N2O4S. The molecule has 2 aliphatic rings. The number of sulfone groups is 1. The van der Waals surface area contributed by atoms with Gasteiger partial charge in [0.1, 0.15) is 0 Å². The van der Waals surface area contributed by atoms with E-state index in [1.54, 1.807) is 17.0 Å². The third-order valence-electron chi connectivity index (χ3n) is 5.05. The Morgan fingerprint density at radius 3 is 2.63 bits per heavy atom. The lowest BCUT2D eigenvalue weighted by Gasteiger charge is -2.31. The van der Waals surface area contributed by atoms with Crippen molar-refractivity contribution in [3.63, 3.8) is 0 Å². The van der Waals surface area contributed by atoms with Crippen molar-refractivity contribution >= 4 is 38.9 Å². The van der Waals surface area contributed by atoms with E-state index in [1.165, 1.54) is 6.07 Å². The maximum atomic E-state index is 13.1. The van der Waals surface area contributed by atoms with Gasteiger partial charge in [0.05, 0.1) is 35.3 Å². The molecule has 27 heavy (non-hydrogen) atoms. The van der Waals surface area contributed by atoms with Gasteiger partial charge in [-0.1, -0.05) is 23.2 Å². The van der Waals surface area contributed by atoms with Crippen LogP contribution >= 0.6 is 23.2 Å². The Kier molecular flexibility index (Phi) is 7.03. The van der Waals surface area contributed by atoms with Crippen molar-refractivity contribution in [3.8, 4) is 0 Å². The zero-order valence-corrected chi connectivity index (χ0v) is 17.4. The molecule has 2 saturated heterocycles. The normalized spacial score (nSPS) is 22.7. The van der Waals surface area contributed by atoms with Crippen LogP contribution in [0.15, 0.2) is 18.2 Å². The zero-order chi connectivity index (χ0) is 19.4. The van der Waals surface area contributed by atoms with Gasteiger partial charge in [-0.2, -0.15) is 0 Å². The average Bonchev–Trinajstić information content (AvgIpc) is 2.99. The summed E-state index contributed by atoms with van der Waals surface area (Å²) in [6.07, 6.45) is 1.24. The highest BCUT2D eigenvalue weighted by molar-refractivity contribution is 7.91. The van der Waals surface area contributed by atoms with Gasteiger partial charge in [0.2, 0.25) is 0 Å². The Morgan fingerprint density at radius 1 is 1.26 bits per heavy atom. The van der Waals surface area contributed by atoms with Crippen LogP contribution in [-0.2, 0) is 14.6 Å². The van der Waals surface area contributed by atoms with Crippen LogP contribution in [0.3, 0.4) is 0 Å². The minimum atomic E-state index is -3.09. The molecule has 0 saturated carbocycles. The predicted molar refractivity (Wildman–Crippen MR) is 106 cm³/mol. The van der Waals surface area contributed by atoms with Gasteiger partial charge < -0.3 is 9.64 Å². The molecular weight excluding hydrogens is 411 g/mol. The standard InChI is InChI=1S/C18H24Cl2N2O4S/c19-14-2-3-16(17(20)12-14)18(23)22(15-4-11-27(24,25)13-15)6-1-5-21-7-9-26-10-8-21/h2-3,12,15H,1,4-11,13H2. The maximum absolute atomic E-state index is 13.1. The van der Waals surface area contributed by atoms with Gasteiger partial charge in [0.15, 0.2) is 9.84 Å². The number of hydrogen-bond acceptors (Lipinski definition) is 5. The minimum Gasteiger partial charge on any atom is -0.379 e. The van der Waals surface area contributed by atoms with Gasteiger partial charge in [0, 0.05) is 37.2 Å². The van der Waals surface area contributed by atoms with Crippen LogP contribution in [0.1, 0.15) is 23.2 Å². The summed E-state index contributed by atoms with van der Waals surface area (Å²) in [5.41, 5.74) is 0.358. The van der Waals surface area contributed by atoms with Crippen molar-refractivity contribution in [2.45, 2.75) is 18.9 Å². The maximum Gasteiger partial charge on any atom is 0.255 e. The Hall–Kier alpha value is -0.860. The Labute approximate surface area is 170 Å². The summed E-state index contributed by atoms with van der Waals surface area (Å²) in [5, 5.41) is 0.741. The summed E-state index contributed by atoms with van der Waals surface area (Å²) in [7, 11) is -3.09. The summed E-state index contributed by atoms with van der Waals surface area (Å²) >= 11 is 12.1. The van der Waals surface area contributed by atoms with Crippen molar-refractivity contribution in [3.05, 3.63) is 33.8 Å². The van der Waals surface area contributed by atoms with E-state index in [0.29, 0.717) is 23.6 Å². The first-order chi connectivity index (χ1) is 12.9. The Morgan fingerprint density at radius 2 is 2.00 bits per heavy atom. The molecule has 0 radical (unpaired) electrons. The van der Waals surface area contributed by atoms with E-state index in [9.17, 15) is 13.2 Å². The first-order valence-corrected chi connectivity index (χ1v) is 11.7. The highest BCUT2D eigenvalue weighted by Gasteiger charge is 2.35. The van der Waals surface area contributed by atoms with E-state index in [1.807, 2.05) is 0 Å². The van der Waals surface area contributed by atoms with E-state index < -0.39 is 9.84 Å². The molecule has 1 atom stereocenters. The summed E-state index contributed by atoms with van der Waals surface area (Å²) in [4.78, 5) is 17.1. The van der Waals surface area contributed by atoms with Gasteiger partial charge in [0.25, 0.3) is 5.91 Å². The molecule has 0 bridgehead atoms. The molecule has 0 aromatic heterocycles. The second-order valence-corrected chi connectivity index (χ2v) is 10.1. The highest BCUT2D eigenvalue weighted by atomic mass is 35.5. The lowest BCUT2D eigenvalue weighted by atomic mass is 10.1. The number of ether oxygens (including phenoxy) is 1.